The number of piperazine rings is 1. The minimum absolute atomic E-state index is 0.00890. The van der Waals surface area contributed by atoms with Gasteiger partial charge in [0.15, 0.2) is 0 Å². The van der Waals surface area contributed by atoms with E-state index in [0.29, 0.717) is 5.76 Å². The van der Waals surface area contributed by atoms with Crippen molar-refractivity contribution in [2.45, 2.75) is 6.54 Å². The highest BCUT2D eigenvalue weighted by molar-refractivity contribution is 6.28. The van der Waals surface area contributed by atoms with Crippen LogP contribution in [0.5, 0.6) is 0 Å². The van der Waals surface area contributed by atoms with Crippen molar-refractivity contribution >= 4 is 17.8 Å². The van der Waals surface area contributed by atoms with Gasteiger partial charge in [-0.2, -0.15) is 0 Å². The van der Waals surface area contributed by atoms with Gasteiger partial charge in [0.25, 0.3) is 11.8 Å². The molecule has 3 rings (SSSR count). The molecule has 0 bridgehead atoms. The van der Waals surface area contributed by atoms with Gasteiger partial charge >= 0.3 is 6.03 Å². The molecular weight excluding hydrogens is 300 g/mol. The molecular formula is C15H18N4O4. The fraction of sp³-hybridized carbons (Fsp3) is 0.400. The lowest BCUT2D eigenvalue weighted by molar-refractivity contribution is -0.131. The quantitative estimate of drug-likeness (QED) is 0.623. The number of rotatable bonds is 3. The Labute approximate surface area is 133 Å². The first-order valence-electron chi connectivity index (χ1n) is 7.38. The van der Waals surface area contributed by atoms with Gasteiger partial charge in [-0.15, -0.1) is 0 Å². The molecule has 0 unspecified atom stereocenters. The molecule has 0 atom stereocenters. The van der Waals surface area contributed by atoms with Crippen molar-refractivity contribution in [2.75, 3.05) is 33.2 Å². The third-order valence-corrected chi connectivity index (χ3v) is 3.93. The summed E-state index contributed by atoms with van der Waals surface area (Å²) in [4.78, 5) is 41.5. The number of furan rings is 1. The second-order valence-corrected chi connectivity index (χ2v) is 5.61. The summed E-state index contributed by atoms with van der Waals surface area (Å²) in [5, 5.41) is 2.20. The van der Waals surface area contributed by atoms with Crippen LogP contribution in [0.25, 0.3) is 0 Å². The number of urea groups is 1. The van der Waals surface area contributed by atoms with Crippen molar-refractivity contribution in [3.05, 3.63) is 35.9 Å². The van der Waals surface area contributed by atoms with Gasteiger partial charge in [-0.1, -0.05) is 0 Å². The lowest BCUT2D eigenvalue weighted by Gasteiger charge is -2.33. The van der Waals surface area contributed by atoms with E-state index in [1.54, 1.807) is 18.3 Å². The molecule has 122 valence electrons. The van der Waals surface area contributed by atoms with Crippen molar-refractivity contribution in [1.29, 1.82) is 0 Å². The summed E-state index contributed by atoms with van der Waals surface area (Å²) in [6.45, 7) is 3.16. The van der Waals surface area contributed by atoms with Crippen LogP contribution in [0.4, 0.5) is 4.79 Å². The molecule has 8 nitrogen and oxygen atoms in total. The molecule has 1 aromatic heterocycles. The average molecular weight is 318 g/mol. The summed E-state index contributed by atoms with van der Waals surface area (Å²) < 4.78 is 5.16. The third-order valence-electron chi connectivity index (χ3n) is 3.93. The summed E-state index contributed by atoms with van der Waals surface area (Å²) in [6.07, 6.45) is 3.01. The van der Waals surface area contributed by atoms with Crippen molar-refractivity contribution in [3.63, 3.8) is 0 Å². The van der Waals surface area contributed by atoms with Gasteiger partial charge in [0.2, 0.25) is 0 Å². The van der Waals surface area contributed by atoms with E-state index in [4.69, 9.17) is 4.42 Å². The van der Waals surface area contributed by atoms with Crippen LogP contribution >= 0.6 is 0 Å². The van der Waals surface area contributed by atoms with E-state index in [1.165, 1.54) is 6.26 Å². The molecule has 4 amide bonds. The molecule has 0 aromatic carbocycles. The number of carbonyl (C=O) groups excluding carboxylic acids is 3. The predicted molar refractivity (Wildman–Crippen MR) is 79.9 cm³/mol. The molecule has 8 heteroatoms. The second kappa shape index (κ2) is 6.25. The first-order valence-corrected chi connectivity index (χ1v) is 7.38. The maximum Gasteiger partial charge on any atom is 0.331 e. The van der Waals surface area contributed by atoms with Crippen molar-refractivity contribution < 1.29 is 18.8 Å². The van der Waals surface area contributed by atoms with Crippen LogP contribution in [0.3, 0.4) is 0 Å². The summed E-state index contributed by atoms with van der Waals surface area (Å²) in [5.74, 6) is -0.787. The summed E-state index contributed by atoms with van der Waals surface area (Å²) >= 11 is 0. The Morgan fingerprint density at radius 2 is 1.96 bits per heavy atom. The summed E-state index contributed by atoms with van der Waals surface area (Å²) in [5.41, 5.74) is -0.0271. The van der Waals surface area contributed by atoms with Gasteiger partial charge in [0.05, 0.1) is 12.8 Å². The van der Waals surface area contributed by atoms with E-state index >= 15 is 0 Å². The highest BCUT2D eigenvalue weighted by Gasteiger charge is 2.36. The lowest BCUT2D eigenvalue weighted by atomic mass is 10.1. The molecule has 0 aliphatic carbocycles. The maximum atomic E-state index is 12.5. The SMILES string of the molecule is CN1CCN(C=C2C(=O)NC(=O)N(Cc3ccco3)C2=O)CC1. The van der Waals surface area contributed by atoms with E-state index in [-0.39, 0.29) is 12.1 Å². The maximum absolute atomic E-state index is 12.5. The van der Waals surface area contributed by atoms with E-state index in [0.717, 1.165) is 31.1 Å². The van der Waals surface area contributed by atoms with Crippen LogP contribution < -0.4 is 5.32 Å². The zero-order valence-corrected chi connectivity index (χ0v) is 12.8. The van der Waals surface area contributed by atoms with Gasteiger partial charge in [-0.05, 0) is 19.2 Å². The Bertz CT molecular complexity index is 644. The number of nitrogens with one attached hydrogen (secondary N) is 1. The molecule has 1 aromatic rings. The number of barbiturate groups is 1. The Balaban J connectivity index is 1.77. The van der Waals surface area contributed by atoms with E-state index in [9.17, 15) is 14.4 Å². The molecule has 2 saturated heterocycles. The fourth-order valence-corrected chi connectivity index (χ4v) is 2.52. The van der Waals surface area contributed by atoms with Gasteiger partial charge in [0.1, 0.15) is 11.3 Å². The van der Waals surface area contributed by atoms with Gasteiger partial charge in [0, 0.05) is 32.4 Å². The molecule has 2 aliphatic heterocycles. The van der Waals surface area contributed by atoms with Crippen LogP contribution in [0.1, 0.15) is 5.76 Å². The topological polar surface area (TPSA) is 86.1 Å². The largest absolute Gasteiger partial charge is 0.467 e. The Morgan fingerprint density at radius 3 is 2.61 bits per heavy atom. The highest BCUT2D eigenvalue weighted by Crippen LogP contribution is 2.15. The standard InChI is InChI=1S/C15H18N4O4/c1-17-4-6-18(7-5-17)10-12-13(20)16-15(22)19(14(12)21)9-11-3-2-8-23-11/h2-3,8,10H,4-7,9H2,1H3,(H,16,20,22). The monoisotopic (exact) mass is 318 g/mol. The highest BCUT2D eigenvalue weighted by atomic mass is 16.3. The fourth-order valence-electron chi connectivity index (χ4n) is 2.52. The number of hydrogen-bond acceptors (Lipinski definition) is 6. The second-order valence-electron chi connectivity index (χ2n) is 5.61. The van der Waals surface area contributed by atoms with E-state index in [2.05, 4.69) is 10.2 Å². The van der Waals surface area contributed by atoms with E-state index in [1.807, 2.05) is 11.9 Å². The number of hydrogen-bond donors (Lipinski definition) is 1. The normalized spacial score (nSPS) is 22.0. The Hall–Kier alpha value is -2.61. The van der Waals surface area contributed by atoms with Crippen molar-refractivity contribution in [3.8, 4) is 0 Å². The number of carbonyl (C=O) groups is 3. The first-order chi connectivity index (χ1) is 11.0. The number of imide groups is 2. The average Bonchev–Trinajstić information content (AvgIpc) is 3.03. The predicted octanol–water partition coefficient (Wildman–Crippen LogP) is -0.0107. The minimum atomic E-state index is -0.730. The van der Waals surface area contributed by atoms with Crippen LogP contribution in [-0.2, 0) is 16.1 Å². The van der Waals surface area contributed by atoms with Gasteiger partial charge in [-0.25, -0.2) is 4.79 Å². The van der Waals surface area contributed by atoms with Crippen LogP contribution in [0, 0.1) is 0 Å². The first kappa shape index (κ1) is 15.3. The van der Waals surface area contributed by atoms with Crippen LogP contribution in [0.2, 0.25) is 0 Å². The lowest BCUT2D eigenvalue weighted by Crippen LogP contribution is -2.54. The molecule has 0 saturated carbocycles. The van der Waals surface area contributed by atoms with E-state index < -0.39 is 17.8 Å². The van der Waals surface area contributed by atoms with Crippen LogP contribution in [-0.4, -0.2) is 65.8 Å². The molecule has 2 fully saturated rings. The molecule has 0 radical (unpaired) electrons. The Morgan fingerprint density at radius 1 is 1.22 bits per heavy atom. The zero-order valence-electron chi connectivity index (χ0n) is 12.8. The van der Waals surface area contributed by atoms with Gasteiger partial charge < -0.3 is 14.2 Å². The molecule has 1 N–H and O–H groups in total. The molecule has 2 aliphatic rings. The van der Waals surface area contributed by atoms with Gasteiger partial charge in [-0.3, -0.25) is 19.8 Å². The van der Waals surface area contributed by atoms with Crippen molar-refractivity contribution in [2.24, 2.45) is 0 Å². The summed E-state index contributed by atoms with van der Waals surface area (Å²) in [7, 11) is 2.02. The van der Waals surface area contributed by atoms with Crippen LogP contribution in [0.15, 0.2) is 34.6 Å². The number of likely N-dealkylation sites (N-methyl/N-ethyl adjacent to an activating group) is 1. The minimum Gasteiger partial charge on any atom is -0.467 e. The Kier molecular flexibility index (Phi) is 4.16. The zero-order chi connectivity index (χ0) is 16.4. The smallest absolute Gasteiger partial charge is 0.331 e. The van der Waals surface area contributed by atoms with Crippen molar-refractivity contribution in [1.82, 2.24) is 20.0 Å². The number of nitrogens with zero attached hydrogens (tertiary/aromatic N) is 3. The number of amides is 4. The molecule has 0 spiro atoms. The molecule has 3 heterocycles. The third kappa shape index (κ3) is 3.26. The molecule has 23 heavy (non-hydrogen) atoms. The summed E-state index contributed by atoms with van der Waals surface area (Å²) in [6, 6.07) is 2.61.